The number of fused-ring (bicyclic) bond motifs is 1. The Hall–Kier alpha value is -3.35. The number of hydrogen-bond donors (Lipinski definition) is 1. The number of rotatable bonds is 7. The Kier molecular flexibility index (Phi) is 5.93. The van der Waals surface area contributed by atoms with Crippen LogP contribution >= 0.6 is 0 Å². The third-order valence-electron chi connectivity index (χ3n) is 4.54. The zero-order valence-corrected chi connectivity index (χ0v) is 16.2. The Morgan fingerprint density at radius 3 is 2.68 bits per heavy atom. The maximum Gasteiger partial charge on any atom is 0.272 e. The molecule has 1 amide bonds. The van der Waals surface area contributed by atoms with Gasteiger partial charge in [0, 0.05) is 25.1 Å². The van der Waals surface area contributed by atoms with Gasteiger partial charge in [0.2, 0.25) is 5.91 Å². The fourth-order valence-corrected chi connectivity index (χ4v) is 3.06. The van der Waals surface area contributed by atoms with Gasteiger partial charge in [-0.25, -0.2) is 4.98 Å². The van der Waals surface area contributed by atoms with E-state index >= 15 is 0 Å². The number of para-hydroxylation sites is 2. The minimum absolute atomic E-state index is 0.157. The van der Waals surface area contributed by atoms with E-state index in [0.29, 0.717) is 23.7 Å². The van der Waals surface area contributed by atoms with E-state index in [-0.39, 0.29) is 24.4 Å². The molecule has 1 heterocycles. The van der Waals surface area contributed by atoms with Crippen LogP contribution in [0.4, 0.5) is 0 Å². The molecule has 0 radical (unpaired) electrons. The number of ether oxygens (including phenoxy) is 2. The van der Waals surface area contributed by atoms with Crippen LogP contribution in [0.3, 0.4) is 0 Å². The lowest BCUT2D eigenvalue weighted by molar-refractivity contribution is -0.121. The number of amides is 1. The first kappa shape index (κ1) is 19.4. The molecule has 7 heteroatoms. The van der Waals surface area contributed by atoms with Crippen molar-refractivity contribution in [2.75, 3.05) is 14.2 Å². The van der Waals surface area contributed by atoms with Crippen molar-refractivity contribution < 1.29 is 14.3 Å². The molecule has 0 aliphatic heterocycles. The molecule has 0 bridgehead atoms. The fraction of sp³-hybridized carbons (Fsp3) is 0.286. The van der Waals surface area contributed by atoms with Crippen molar-refractivity contribution >= 4 is 16.9 Å². The standard InChI is InChI=1S/C21H23N3O4/c1-14-21(26)24(18-7-5-4-6-17(18)23-14)11-10-20(25)22-13-15-12-16(27-2)8-9-19(15)28-3/h4-9,12H,10-11,13H2,1-3H3,(H,22,25). The molecule has 0 saturated carbocycles. The van der Waals surface area contributed by atoms with E-state index in [4.69, 9.17) is 9.47 Å². The highest BCUT2D eigenvalue weighted by atomic mass is 16.5. The van der Waals surface area contributed by atoms with Crippen LogP contribution in [0.25, 0.3) is 11.0 Å². The van der Waals surface area contributed by atoms with Gasteiger partial charge in [0.25, 0.3) is 5.56 Å². The van der Waals surface area contributed by atoms with Crippen molar-refractivity contribution in [1.82, 2.24) is 14.9 Å². The minimum atomic E-state index is -0.180. The summed E-state index contributed by atoms with van der Waals surface area (Å²) >= 11 is 0. The number of nitrogens with one attached hydrogen (secondary N) is 1. The Morgan fingerprint density at radius 1 is 1.14 bits per heavy atom. The van der Waals surface area contributed by atoms with Crippen molar-refractivity contribution in [3.05, 3.63) is 64.1 Å². The van der Waals surface area contributed by atoms with Gasteiger partial charge in [-0.2, -0.15) is 0 Å². The van der Waals surface area contributed by atoms with Crippen LogP contribution in [0.2, 0.25) is 0 Å². The summed E-state index contributed by atoms with van der Waals surface area (Å²) in [6, 6.07) is 12.8. The number of aromatic nitrogens is 2. The summed E-state index contributed by atoms with van der Waals surface area (Å²) in [5.74, 6) is 1.21. The summed E-state index contributed by atoms with van der Waals surface area (Å²) in [7, 11) is 3.17. The van der Waals surface area contributed by atoms with Gasteiger partial charge in [-0.15, -0.1) is 0 Å². The van der Waals surface area contributed by atoms with Crippen molar-refractivity contribution in [3.63, 3.8) is 0 Å². The second-order valence-electron chi connectivity index (χ2n) is 6.35. The number of benzene rings is 2. The van der Waals surface area contributed by atoms with E-state index in [1.165, 1.54) is 0 Å². The second kappa shape index (κ2) is 8.56. The molecular formula is C21H23N3O4. The van der Waals surface area contributed by atoms with Crippen molar-refractivity contribution in [2.45, 2.75) is 26.4 Å². The Bertz CT molecular complexity index is 1060. The molecule has 0 atom stereocenters. The van der Waals surface area contributed by atoms with Gasteiger partial charge in [-0.1, -0.05) is 12.1 Å². The molecule has 0 fully saturated rings. The first-order chi connectivity index (χ1) is 13.5. The van der Waals surface area contributed by atoms with E-state index in [1.54, 1.807) is 37.8 Å². The third kappa shape index (κ3) is 4.14. The average molecular weight is 381 g/mol. The van der Waals surface area contributed by atoms with Crippen LogP contribution < -0.4 is 20.3 Å². The number of carbonyl (C=O) groups is 1. The monoisotopic (exact) mass is 381 g/mol. The number of hydrogen-bond acceptors (Lipinski definition) is 5. The molecule has 0 unspecified atom stereocenters. The summed E-state index contributed by atoms with van der Waals surface area (Å²) in [4.78, 5) is 29.1. The van der Waals surface area contributed by atoms with E-state index in [0.717, 1.165) is 16.6 Å². The van der Waals surface area contributed by atoms with Crippen LogP contribution in [-0.2, 0) is 17.9 Å². The molecule has 3 aromatic rings. The van der Waals surface area contributed by atoms with Crippen molar-refractivity contribution in [2.24, 2.45) is 0 Å². The molecule has 3 rings (SSSR count). The highest BCUT2D eigenvalue weighted by Gasteiger charge is 2.11. The molecule has 1 N–H and O–H groups in total. The van der Waals surface area contributed by atoms with E-state index in [9.17, 15) is 9.59 Å². The van der Waals surface area contributed by atoms with Crippen molar-refractivity contribution in [1.29, 1.82) is 0 Å². The summed E-state index contributed by atoms with van der Waals surface area (Å²) in [5, 5.41) is 2.87. The summed E-state index contributed by atoms with van der Waals surface area (Å²) in [5.41, 5.74) is 2.51. The number of carbonyl (C=O) groups excluding carboxylic acids is 1. The lowest BCUT2D eigenvalue weighted by Crippen LogP contribution is -2.29. The summed E-state index contributed by atoms with van der Waals surface area (Å²) < 4.78 is 12.1. The first-order valence-corrected chi connectivity index (χ1v) is 8.97. The van der Waals surface area contributed by atoms with Gasteiger partial charge in [-0.05, 0) is 37.3 Å². The van der Waals surface area contributed by atoms with Crippen LogP contribution in [0.5, 0.6) is 11.5 Å². The second-order valence-corrected chi connectivity index (χ2v) is 6.35. The Labute approximate surface area is 162 Å². The lowest BCUT2D eigenvalue weighted by Gasteiger charge is -2.13. The molecule has 146 valence electrons. The minimum Gasteiger partial charge on any atom is -0.497 e. The average Bonchev–Trinajstić information content (AvgIpc) is 2.72. The molecule has 0 aliphatic rings. The summed E-state index contributed by atoms with van der Waals surface area (Å²) in [6.45, 7) is 2.27. The highest BCUT2D eigenvalue weighted by Crippen LogP contribution is 2.23. The Balaban J connectivity index is 1.70. The third-order valence-corrected chi connectivity index (χ3v) is 4.54. The van der Waals surface area contributed by atoms with Crippen LogP contribution in [-0.4, -0.2) is 29.7 Å². The highest BCUT2D eigenvalue weighted by molar-refractivity contribution is 5.77. The molecule has 0 saturated heterocycles. The van der Waals surface area contributed by atoms with Gasteiger partial charge >= 0.3 is 0 Å². The smallest absolute Gasteiger partial charge is 0.272 e. The lowest BCUT2D eigenvalue weighted by atomic mass is 10.2. The molecule has 0 spiro atoms. The maximum absolute atomic E-state index is 12.5. The predicted molar refractivity (Wildman–Crippen MR) is 107 cm³/mol. The maximum atomic E-state index is 12.5. The normalized spacial score (nSPS) is 10.7. The topological polar surface area (TPSA) is 82.5 Å². The fourth-order valence-electron chi connectivity index (χ4n) is 3.06. The van der Waals surface area contributed by atoms with E-state index in [2.05, 4.69) is 10.3 Å². The molecule has 7 nitrogen and oxygen atoms in total. The zero-order chi connectivity index (χ0) is 20.1. The number of methoxy groups -OCH3 is 2. The predicted octanol–water partition coefficient (Wildman–Crippen LogP) is 2.43. The van der Waals surface area contributed by atoms with E-state index < -0.39 is 0 Å². The number of nitrogens with zero attached hydrogens (tertiary/aromatic N) is 2. The van der Waals surface area contributed by atoms with Crippen LogP contribution in [0.1, 0.15) is 17.7 Å². The van der Waals surface area contributed by atoms with Gasteiger partial charge in [0.05, 0.1) is 25.3 Å². The molecule has 0 aliphatic carbocycles. The molecule has 1 aromatic heterocycles. The van der Waals surface area contributed by atoms with Crippen molar-refractivity contribution in [3.8, 4) is 11.5 Å². The first-order valence-electron chi connectivity index (χ1n) is 8.97. The van der Waals surface area contributed by atoms with Crippen LogP contribution in [0, 0.1) is 6.92 Å². The quantitative estimate of drug-likeness (QED) is 0.680. The van der Waals surface area contributed by atoms with Gasteiger partial charge in [-0.3, -0.25) is 9.59 Å². The molecule has 28 heavy (non-hydrogen) atoms. The SMILES string of the molecule is COc1ccc(OC)c(CNC(=O)CCn2c(=O)c(C)nc3ccccc32)c1. The summed E-state index contributed by atoms with van der Waals surface area (Å²) in [6.07, 6.45) is 0.180. The van der Waals surface area contributed by atoms with Crippen LogP contribution in [0.15, 0.2) is 47.3 Å². The molecular weight excluding hydrogens is 358 g/mol. The zero-order valence-electron chi connectivity index (χ0n) is 16.2. The number of aryl methyl sites for hydroxylation is 2. The molecule has 2 aromatic carbocycles. The van der Waals surface area contributed by atoms with E-state index in [1.807, 2.05) is 30.3 Å². The van der Waals surface area contributed by atoms with Gasteiger partial charge in [0.15, 0.2) is 0 Å². The van der Waals surface area contributed by atoms with Gasteiger partial charge < -0.3 is 19.4 Å². The Morgan fingerprint density at radius 2 is 1.93 bits per heavy atom. The largest absolute Gasteiger partial charge is 0.497 e. The van der Waals surface area contributed by atoms with Gasteiger partial charge in [0.1, 0.15) is 17.2 Å².